The molecule has 1 atom stereocenters. The summed E-state index contributed by atoms with van der Waals surface area (Å²) in [5.74, 6) is 0.848. The minimum Gasteiger partial charge on any atom is -0.354 e. The van der Waals surface area contributed by atoms with Gasteiger partial charge in [0.2, 0.25) is 0 Å². The fraction of sp³-hybridized carbons (Fsp3) is 0.611. The molecule has 132 valence electrons. The Morgan fingerprint density at radius 1 is 1.13 bits per heavy atom. The number of nitrogens with zero attached hydrogens (tertiary/aromatic N) is 2. The Kier molecular flexibility index (Phi) is 10.5. The molecule has 0 heterocycles. The Morgan fingerprint density at radius 3 is 2.13 bits per heavy atom. The van der Waals surface area contributed by atoms with Crippen LogP contribution in [0.25, 0.3) is 0 Å². The second-order valence-electron chi connectivity index (χ2n) is 6.48. The second kappa shape index (κ2) is 10.9. The maximum Gasteiger partial charge on any atom is 0.191 e. The average molecular weight is 432 g/mol. The highest BCUT2D eigenvalue weighted by Gasteiger charge is 2.19. The lowest BCUT2D eigenvalue weighted by atomic mass is 10.1. The summed E-state index contributed by atoms with van der Waals surface area (Å²) in [5.41, 5.74) is 1.34. The molecule has 0 saturated carbocycles. The van der Waals surface area contributed by atoms with Crippen molar-refractivity contribution in [2.24, 2.45) is 4.99 Å². The molecule has 4 nitrogen and oxygen atoms in total. The fourth-order valence-corrected chi connectivity index (χ4v) is 2.53. The monoisotopic (exact) mass is 432 g/mol. The van der Waals surface area contributed by atoms with Crippen LogP contribution >= 0.6 is 24.0 Å². The first-order valence-corrected chi connectivity index (χ1v) is 8.19. The maximum absolute atomic E-state index is 4.33. The third-order valence-corrected chi connectivity index (χ3v) is 3.62. The van der Waals surface area contributed by atoms with Gasteiger partial charge < -0.3 is 10.6 Å². The largest absolute Gasteiger partial charge is 0.354 e. The highest BCUT2D eigenvalue weighted by atomic mass is 127. The van der Waals surface area contributed by atoms with Crippen LogP contribution in [0.3, 0.4) is 0 Å². The standard InChI is InChI=1S/C18H32N4.HI/c1-7-22(8-2)16(15-12-10-9-11-13-15)14-20-17(19-6)21-18(3,4)5;/h9-13,16H,7-8,14H2,1-6H3,(H2,19,20,21);1H. The maximum atomic E-state index is 4.33. The van der Waals surface area contributed by atoms with Gasteiger partial charge in [-0.15, -0.1) is 24.0 Å². The molecule has 0 saturated heterocycles. The number of halogens is 1. The molecule has 0 aromatic heterocycles. The van der Waals surface area contributed by atoms with Crippen molar-refractivity contribution in [3.05, 3.63) is 35.9 Å². The lowest BCUT2D eigenvalue weighted by Gasteiger charge is -2.32. The van der Waals surface area contributed by atoms with Crippen LogP contribution in [0.15, 0.2) is 35.3 Å². The van der Waals surface area contributed by atoms with Gasteiger partial charge in [-0.3, -0.25) is 9.89 Å². The molecule has 0 radical (unpaired) electrons. The van der Waals surface area contributed by atoms with E-state index in [1.54, 1.807) is 0 Å². The lowest BCUT2D eigenvalue weighted by molar-refractivity contribution is 0.218. The molecule has 0 amide bonds. The molecule has 0 aliphatic heterocycles. The summed E-state index contributed by atoms with van der Waals surface area (Å²) in [7, 11) is 1.82. The van der Waals surface area contributed by atoms with Gasteiger partial charge in [0.15, 0.2) is 5.96 Å². The van der Waals surface area contributed by atoms with E-state index in [1.807, 2.05) is 7.05 Å². The number of likely N-dealkylation sites (N-methyl/N-ethyl adjacent to an activating group) is 1. The molecule has 1 aromatic carbocycles. The number of nitrogens with one attached hydrogen (secondary N) is 2. The van der Waals surface area contributed by atoms with E-state index in [1.165, 1.54) is 5.56 Å². The highest BCUT2D eigenvalue weighted by molar-refractivity contribution is 14.0. The third kappa shape index (κ3) is 8.01. The summed E-state index contributed by atoms with van der Waals surface area (Å²) in [6.45, 7) is 13.7. The van der Waals surface area contributed by atoms with Crippen molar-refractivity contribution >= 4 is 29.9 Å². The molecule has 5 heteroatoms. The van der Waals surface area contributed by atoms with Crippen molar-refractivity contribution in [1.29, 1.82) is 0 Å². The van der Waals surface area contributed by atoms with Crippen LogP contribution in [0.2, 0.25) is 0 Å². The number of aliphatic imine (C=N–C) groups is 1. The molecule has 0 aliphatic carbocycles. The Balaban J connectivity index is 0.00000484. The van der Waals surface area contributed by atoms with E-state index >= 15 is 0 Å². The Hall–Kier alpha value is -0.820. The predicted molar refractivity (Wildman–Crippen MR) is 112 cm³/mol. The minimum absolute atomic E-state index is 0. The van der Waals surface area contributed by atoms with Gasteiger partial charge in [-0.1, -0.05) is 44.2 Å². The topological polar surface area (TPSA) is 39.7 Å². The highest BCUT2D eigenvalue weighted by Crippen LogP contribution is 2.19. The van der Waals surface area contributed by atoms with Crippen molar-refractivity contribution in [3.8, 4) is 0 Å². The summed E-state index contributed by atoms with van der Waals surface area (Å²) in [4.78, 5) is 6.79. The fourth-order valence-electron chi connectivity index (χ4n) is 2.53. The van der Waals surface area contributed by atoms with Crippen LogP contribution in [0.4, 0.5) is 0 Å². The van der Waals surface area contributed by atoms with Gasteiger partial charge in [-0.05, 0) is 39.4 Å². The minimum atomic E-state index is -0.000708. The number of benzene rings is 1. The van der Waals surface area contributed by atoms with Gasteiger partial charge in [-0.2, -0.15) is 0 Å². The zero-order valence-corrected chi connectivity index (χ0v) is 17.7. The van der Waals surface area contributed by atoms with Crippen LogP contribution in [0, 0.1) is 0 Å². The van der Waals surface area contributed by atoms with Crippen LogP contribution in [-0.2, 0) is 0 Å². The molecule has 1 aromatic rings. The van der Waals surface area contributed by atoms with Gasteiger partial charge in [0.1, 0.15) is 0 Å². The number of hydrogen-bond acceptors (Lipinski definition) is 2. The first-order chi connectivity index (χ1) is 10.4. The molecule has 1 rings (SSSR count). The second-order valence-corrected chi connectivity index (χ2v) is 6.48. The molecular weight excluding hydrogens is 399 g/mol. The Labute approximate surface area is 159 Å². The summed E-state index contributed by atoms with van der Waals surface area (Å²) in [6.07, 6.45) is 0. The van der Waals surface area contributed by atoms with E-state index in [-0.39, 0.29) is 29.5 Å². The van der Waals surface area contributed by atoms with E-state index < -0.39 is 0 Å². The summed E-state index contributed by atoms with van der Waals surface area (Å²) in [6, 6.07) is 11.0. The number of hydrogen-bond donors (Lipinski definition) is 2. The van der Waals surface area contributed by atoms with Crippen LogP contribution < -0.4 is 10.6 Å². The number of guanidine groups is 1. The van der Waals surface area contributed by atoms with Crippen LogP contribution in [0.5, 0.6) is 0 Å². The van der Waals surface area contributed by atoms with Gasteiger partial charge in [0.25, 0.3) is 0 Å². The Morgan fingerprint density at radius 2 is 1.70 bits per heavy atom. The van der Waals surface area contributed by atoms with Crippen LogP contribution in [-0.4, -0.2) is 43.1 Å². The van der Waals surface area contributed by atoms with Gasteiger partial charge in [-0.25, -0.2) is 0 Å². The summed E-state index contributed by atoms with van der Waals surface area (Å²) in [5, 5.41) is 6.88. The summed E-state index contributed by atoms with van der Waals surface area (Å²) < 4.78 is 0. The van der Waals surface area contributed by atoms with E-state index in [4.69, 9.17) is 0 Å². The molecule has 0 bridgehead atoms. The van der Waals surface area contributed by atoms with Gasteiger partial charge in [0.05, 0.1) is 6.04 Å². The molecule has 0 spiro atoms. The van der Waals surface area contributed by atoms with E-state index in [2.05, 4.69) is 85.5 Å². The summed E-state index contributed by atoms with van der Waals surface area (Å²) >= 11 is 0. The SMILES string of the molecule is CCN(CC)C(CNC(=NC)NC(C)(C)C)c1ccccc1.I. The van der Waals surface area contributed by atoms with E-state index in [0.29, 0.717) is 6.04 Å². The molecular formula is C18H33IN4. The first kappa shape index (κ1) is 22.2. The molecule has 23 heavy (non-hydrogen) atoms. The third-order valence-electron chi connectivity index (χ3n) is 3.62. The van der Waals surface area contributed by atoms with Crippen LogP contribution in [0.1, 0.15) is 46.2 Å². The molecule has 1 unspecified atom stereocenters. The molecule has 2 N–H and O–H groups in total. The van der Waals surface area contributed by atoms with E-state index in [0.717, 1.165) is 25.6 Å². The van der Waals surface area contributed by atoms with Crippen molar-refractivity contribution < 1.29 is 0 Å². The smallest absolute Gasteiger partial charge is 0.191 e. The predicted octanol–water partition coefficient (Wildman–Crippen LogP) is 3.65. The Bertz CT molecular complexity index is 450. The quantitative estimate of drug-likeness (QED) is 0.410. The zero-order chi connectivity index (χ0) is 16.6. The zero-order valence-electron chi connectivity index (χ0n) is 15.4. The number of rotatable bonds is 6. The van der Waals surface area contributed by atoms with Crippen molar-refractivity contribution in [2.45, 2.75) is 46.2 Å². The average Bonchev–Trinajstić information content (AvgIpc) is 2.49. The van der Waals surface area contributed by atoms with Gasteiger partial charge >= 0.3 is 0 Å². The van der Waals surface area contributed by atoms with Crippen molar-refractivity contribution in [1.82, 2.24) is 15.5 Å². The first-order valence-electron chi connectivity index (χ1n) is 8.19. The normalized spacial score (nSPS) is 13.4. The van der Waals surface area contributed by atoms with Crippen molar-refractivity contribution in [2.75, 3.05) is 26.7 Å². The lowest BCUT2D eigenvalue weighted by Crippen LogP contribution is -2.49. The molecule has 0 aliphatic rings. The van der Waals surface area contributed by atoms with E-state index in [9.17, 15) is 0 Å². The van der Waals surface area contributed by atoms with Crippen molar-refractivity contribution in [3.63, 3.8) is 0 Å². The van der Waals surface area contributed by atoms with Gasteiger partial charge in [0, 0.05) is 19.1 Å². The molecule has 0 fully saturated rings.